The second kappa shape index (κ2) is 9.38. The van der Waals surface area contributed by atoms with Gasteiger partial charge in [-0.05, 0) is 18.7 Å². The predicted molar refractivity (Wildman–Crippen MR) is 114 cm³/mol. The van der Waals surface area contributed by atoms with E-state index in [-0.39, 0.29) is 22.2 Å². The largest absolute Gasteiger partial charge is 0.469 e. The zero-order chi connectivity index (χ0) is 21.8. The fourth-order valence-corrected chi connectivity index (χ4v) is 4.38. The van der Waals surface area contributed by atoms with Crippen LogP contribution in [0.5, 0.6) is 0 Å². The third-order valence-electron chi connectivity index (χ3n) is 4.45. The highest BCUT2D eigenvalue weighted by molar-refractivity contribution is 7.20. The lowest BCUT2D eigenvalue weighted by Crippen LogP contribution is -2.22. The van der Waals surface area contributed by atoms with Gasteiger partial charge in [-0.25, -0.2) is 9.78 Å². The number of hydrogen-bond acceptors (Lipinski definition) is 8. The average Bonchev–Trinajstić information content (AvgIpc) is 3.07. The van der Waals surface area contributed by atoms with Crippen LogP contribution in [0.2, 0.25) is 5.02 Å². The molecule has 2 aromatic heterocycles. The number of aromatic amines is 1. The van der Waals surface area contributed by atoms with E-state index < -0.39 is 17.5 Å². The lowest BCUT2D eigenvalue weighted by molar-refractivity contribution is -0.139. The third kappa shape index (κ3) is 4.69. The minimum Gasteiger partial charge on any atom is -0.469 e. The fourth-order valence-electron chi connectivity index (χ4n) is 3.06. The lowest BCUT2D eigenvalue weighted by atomic mass is 10.1. The summed E-state index contributed by atoms with van der Waals surface area (Å²) in [7, 11) is 4.36. The number of ether oxygens (including phenoxy) is 2. The highest BCUT2D eigenvalue weighted by Crippen LogP contribution is 2.29. The number of aromatic nitrogens is 2. The summed E-state index contributed by atoms with van der Waals surface area (Å²) < 4.78 is 9.48. The summed E-state index contributed by atoms with van der Waals surface area (Å²) in [5, 5.41) is 0.859. The summed E-state index contributed by atoms with van der Waals surface area (Å²) in [5.41, 5.74) is 0.791. The van der Waals surface area contributed by atoms with Crippen molar-refractivity contribution in [2.24, 2.45) is 0 Å². The molecule has 0 unspecified atom stereocenters. The number of nitrogens with zero attached hydrogens (tertiary/aromatic N) is 2. The van der Waals surface area contributed by atoms with Crippen LogP contribution in [0.15, 0.2) is 29.1 Å². The van der Waals surface area contributed by atoms with Gasteiger partial charge >= 0.3 is 11.9 Å². The first-order valence-corrected chi connectivity index (χ1v) is 10.1. The molecule has 0 aliphatic rings. The zero-order valence-corrected chi connectivity index (χ0v) is 18.2. The molecule has 0 aliphatic carbocycles. The zero-order valence-electron chi connectivity index (χ0n) is 16.7. The van der Waals surface area contributed by atoms with Crippen LogP contribution in [0.1, 0.15) is 26.6 Å². The van der Waals surface area contributed by atoms with Crippen LogP contribution in [-0.2, 0) is 33.8 Å². The number of benzene rings is 1. The van der Waals surface area contributed by atoms with Crippen LogP contribution >= 0.6 is 22.9 Å². The van der Waals surface area contributed by atoms with Crippen LogP contribution in [-0.4, -0.2) is 48.1 Å². The number of halogens is 1. The first kappa shape index (κ1) is 21.9. The van der Waals surface area contributed by atoms with E-state index in [1.165, 1.54) is 14.2 Å². The number of esters is 2. The Morgan fingerprint density at radius 1 is 1.20 bits per heavy atom. The quantitative estimate of drug-likeness (QED) is 0.553. The molecular formula is C20H20ClN3O5S. The third-order valence-corrected chi connectivity index (χ3v) is 5.92. The van der Waals surface area contributed by atoms with Crippen LogP contribution in [0.4, 0.5) is 0 Å². The molecule has 8 nitrogen and oxygen atoms in total. The van der Waals surface area contributed by atoms with Gasteiger partial charge in [0.25, 0.3) is 5.56 Å². The molecule has 0 bridgehead atoms. The number of thiophene rings is 1. The van der Waals surface area contributed by atoms with E-state index >= 15 is 0 Å². The normalized spacial score (nSPS) is 11.1. The Hall–Kier alpha value is -2.75. The van der Waals surface area contributed by atoms with Gasteiger partial charge in [-0.2, -0.15) is 0 Å². The Morgan fingerprint density at radius 3 is 2.60 bits per heavy atom. The second-order valence-corrected chi connectivity index (χ2v) is 8.02. The Labute approximate surface area is 181 Å². The summed E-state index contributed by atoms with van der Waals surface area (Å²) in [6, 6.07) is 7.52. The van der Waals surface area contributed by atoms with Gasteiger partial charge in [-0.1, -0.05) is 29.8 Å². The Bertz CT molecular complexity index is 1160. The molecule has 0 fully saturated rings. The van der Waals surface area contributed by atoms with Crippen LogP contribution in [0.3, 0.4) is 0 Å². The monoisotopic (exact) mass is 449 g/mol. The summed E-state index contributed by atoms with van der Waals surface area (Å²) in [6.07, 6.45) is -0.225. The van der Waals surface area contributed by atoms with Crippen molar-refractivity contribution in [2.75, 3.05) is 21.3 Å². The smallest absolute Gasteiger partial charge is 0.348 e. The number of hydrogen-bond donors (Lipinski definition) is 1. The molecule has 1 aromatic carbocycles. The van der Waals surface area contributed by atoms with E-state index in [1.54, 1.807) is 0 Å². The van der Waals surface area contributed by atoms with E-state index in [2.05, 4.69) is 14.7 Å². The number of H-pyrrole nitrogens is 1. The van der Waals surface area contributed by atoms with Crippen LogP contribution in [0, 0.1) is 0 Å². The van der Waals surface area contributed by atoms with Crippen molar-refractivity contribution in [3.63, 3.8) is 0 Å². The average molecular weight is 450 g/mol. The van der Waals surface area contributed by atoms with Gasteiger partial charge in [0, 0.05) is 17.1 Å². The van der Waals surface area contributed by atoms with Gasteiger partial charge in [0.2, 0.25) is 0 Å². The molecule has 0 saturated heterocycles. The summed E-state index contributed by atoms with van der Waals surface area (Å²) in [5.74, 6) is -0.763. The molecule has 158 valence electrons. The first-order valence-electron chi connectivity index (χ1n) is 8.95. The molecule has 0 atom stereocenters. The molecule has 10 heteroatoms. The Kier molecular flexibility index (Phi) is 6.86. The van der Waals surface area contributed by atoms with Gasteiger partial charge in [-0.3, -0.25) is 14.5 Å². The second-order valence-electron chi connectivity index (χ2n) is 6.61. The van der Waals surface area contributed by atoms with E-state index in [1.807, 2.05) is 36.2 Å². The molecule has 30 heavy (non-hydrogen) atoms. The molecular weight excluding hydrogens is 430 g/mol. The van der Waals surface area contributed by atoms with E-state index in [0.717, 1.165) is 16.9 Å². The van der Waals surface area contributed by atoms with Gasteiger partial charge in [-0.15, -0.1) is 11.3 Å². The number of carbonyl (C=O) groups is 2. The van der Waals surface area contributed by atoms with Crippen molar-refractivity contribution in [1.82, 2.24) is 14.9 Å². The van der Waals surface area contributed by atoms with Crippen LogP contribution < -0.4 is 5.56 Å². The van der Waals surface area contributed by atoms with E-state index in [0.29, 0.717) is 28.8 Å². The number of carbonyl (C=O) groups excluding carboxylic acids is 2. The van der Waals surface area contributed by atoms with E-state index in [4.69, 9.17) is 16.3 Å². The van der Waals surface area contributed by atoms with Crippen molar-refractivity contribution in [2.45, 2.75) is 19.5 Å². The van der Waals surface area contributed by atoms with Crippen molar-refractivity contribution < 1.29 is 19.1 Å². The highest BCUT2D eigenvalue weighted by atomic mass is 35.5. The standard InChI is InChI=1S/C20H20ClN3O5S/c1-24(9-11-6-4-5-7-13(11)21)10-14-22-18(26)16-12(8-15(25)28-2)17(20(27)29-3)30-19(16)23-14/h4-7H,8-10H2,1-3H3,(H,22,23,26). The molecule has 1 N–H and O–H groups in total. The number of fused-ring (bicyclic) bond motifs is 1. The van der Waals surface area contributed by atoms with Crippen molar-refractivity contribution in [3.05, 3.63) is 61.5 Å². The fraction of sp³-hybridized carbons (Fsp3) is 0.300. The number of rotatable bonds is 7. The first-order chi connectivity index (χ1) is 14.3. The van der Waals surface area contributed by atoms with Gasteiger partial charge < -0.3 is 14.5 Å². The molecule has 0 aliphatic heterocycles. The summed E-state index contributed by atoms with van der Waals surface area (Å²) >= 11 is 7.23. The van der Waals surface area contributed by atoms with Crippen molar-refractivity contribution in [3.8, 4) is 0 Å². The maximum Gasteiger partial charge on any atom is 0.348 e. The molecule has 2 heterocycles. The van der Waals surface area contributed by atoms with Crippen molar-refractivity contribution in [1.29, 1.82) is 0 Å². The summed E-state index contributed by atoms with van der Waals surface area (Å²) in [6.45, 7) is 0.918. The number of methoxy groups -OCH3 is 2. The highest BCUT2D eigenvalue weighted by Gasteiger charge is 2.25. The Morgan fingerprint density at radius 2 is 1.93 bits per heavy atom. The molecule has 0 amide bonds. The van der Waals surface area contributed by atoms with E-state index in [9.17, 15) is 14.4 Å². The number of nitrogens with one attached hydrogen (secondary N) is 1. The van der Waals surface area contributed by atoms with Crippen LogP contribution in [0.25, 0.3) is 10.2 Å². The molecule has 0 radical (unpaired) electrons. The molecule has 0 saturated carbocycles. The topological polar surface area (TPSA) is 102 Å². The van der Waals surface area contributed by atoms with Crippen molar-refractivity contribution >= 4 is 45.1 Å². The molecule has 3 aromatic rings. The minimum absolute atomic E-state index is 0.164. The maximum absolute atomic E-state index is 12.8. The van der Waals surface area contributed by atoms with Gasteiger partial charge in [0.15, 0.2) is 0 Å². The van der Waals surface area contributed by atoms with Gasteiger partial charge in [0.1, 0.15) is 15.5 Å². The summed E-state index contributed by atoms with van der Waals surface area (Å²) in [4.78, 5) is 46.4. The minimum atomic E-state index is -0.631. The molecule has 0 spiro atoms. The SMILES string of the molecule is COC(=O)Cc1c(C(=O)OC)sc2nc(CN(C)Cc3ccccc3Cl)[nH]c(=O)c12. The Balaban J connectivity index is 1.95. The van der Waals surface area contributed by atoms with Gasteiger partial charge in [0.05, 0.1) is 32.6 Å². The predicted octanol–water partition coefficient (Wildman–Crippen LogP) is 2.77. The lowest BCUT2D eigenvalue weighted by Gasteiger charge is -2.16. The maximum atomic E-state index is 12.8. The molecule has 3 rings (SSSR count).